The van der Waals surface area contributed by atoms with Crippen molar-refractivity contribution in [1.29, 1.82) is 5.26 Å². The Morgan fingerprint density at radius 3 is 2.50 bits per heavy atom. The van der Waals surface area contributed by atoms with Crippen molar-refractivity contribution in [3.63, 3.8) is 0 Å². The lowest BCUT2D eigenvalue weighted by atomic mass is 10.2. The Kier molecular flexibility index (Phi) is 4.20. The van der Waals surface area contributed by atoms with Gasteiger partial charge in [0, 0.05) is 0 Å². The molecule has 0 aliphatic carbocycles. The normalized spacial score (nSPS) is 12.8. The first kappa shape index (κ1) is 14.3. The highest BCUT2D eigenvalue weighted by molar-refractivity contribution is 7.89. The molecule has 0 bridgehead atoms. The molecule has 0 amide bonds. The lowest BCUT2D eigenvalue weighted by Gasteiger charge is -2.14. The third-order valence-corrected chi connectivity index (χ3v) is 4.15. The molecule has 1 aromatic carbocycles. The molecule has 1 heterocycles. The van der Waals surface area contributed by atoms with Gasteiger partial charge in [-0.1, -0.05) is 0 Å². The summed E-state index contributed by atoms with van der Waals surface area (Å²) in [5.74, 6) is 0.324. The van der Waals surface area contributed by atoms with E-state index >= 15 is 0 Å². The molecule has 104 valence electrons. The molecule has 0 spiro atoms. The van der Waals surface area contributed by atoms with Crippen LogP contribution in [0.15, 0.2) is 52.0 Å². The third kappa shape index (κ3) is 3.05. The average Bonchev–Trinajstić information content (AvgIpc) is 2.99. The zero-order valence-electron chi connectivity index (χ0n) is 10.4. The highest BCUT2D eigenvalue weighted by atomic mass is 32.2. The van der Waals surface area contributed by atoms with Gasteiger partial charge in [-0.2, -0.15) is 9.98 Å². The van der Waals surface area contributed by atoms with Gasteiger partial charge in [-0.25, -0.2) is 8.42 Å². The molecule has 20 heavy (non-hydrogen) atoms. The SMILES string of the molecule is N#Cc1ccc(S(=O)(=O)NC(CO)c2ccco2)cc1. The number of rotatable bonds is 5. The van der Waals surface area contributed by atoms with Crippen LogP contribution in [0.3, 0.4) is 0 Å². The molecule has 2 rings (SSSR count). The summed E-state index contributed by atoms with van der Waals surface area (Å²) in [6.45, 7) is -0.428. The third-order valence-electron chi connectivity index (χ3n) is 2.66. The molecule has 2 N–H and O–H groups in total. The zero-order chi connectivity index (χ0) is 14.6. The second kappa shape index (κ2) is 5.88. The molecular weight excluding hydrogens is 280 g/mol. The van der Waals surface area contributed by atoms with Gasteiger partial charge in [-0.05, 0) is 36.4 Å². The van der Waals surface area contributed by atoms with E-state index in [1.165, 1.54) is 30.5 Å². The Bertz CT molecular complexity index is 700. The van der Waals surface area contributed by atoms with Crippen molar-refractivity contribution in [3.8, 4) is 6.07 Å². The summed E-state index contributed by atoms with van der Waals surface area (Å²) < 4.78 is 31.7. The maximum atomic E-state index is 12.1. The fourth-order valence-corrected chi connectivity index (χ4v) is 2.83. The molecule has 1 atom stereocenters. The van der Waals surface area contributed by atoms with Gasteiger partial charge in [-0.3, -0.25) is 0 Å². The Labute approximate surface area is 116 Å². The Morgan fingerprint density at radius 1 is 1.30 bits per heavy atom. The van der Waals surface area contributed by atoms with Crippen molar-refractivity contribution < 1.29 is 17.9 Å². The first-order valence-corrected chi connectivity index (χ1v) is 7.22. The summed E-state index contributed by atoms with van der Waals surface area (Å²) in [4.78, 5) is 0.0153. The van der Waals surface area contributed by atoms with Crippen molar-refractivity contribution in [2.75, 3.05) is 6.61 Å². The summed E-state index contributed by atoms with van der Waals surface area (Å²) in [7, 11) is -3.80. The fourth-order valence-electron chi connectivity index (χ4n) is 1.64. The summed E-state index contributed by atoms with van der Waals surface area (Å²) in [6, 6.07) is 9.72. The van der Waals surface area contributed by atoms with Crippen LogP contribution in [0.1, 0.15) is 17.4 Å². The number of aliphatic hydroxyl groups excluding tert-OH is 1. The van der Waals surface area contributed by atoms with E-state index in [-0.39, 0.29) is 4.90 Å². The standard InChI is InChI=1S/C13H12N2O4S/c14-8-10-3-5-11(6-4-10)20(17,18)15-12(9-16)13-2-1-7-19-13/h1-7,12,15-16H,9H2. The molecule has 6 nitrogen and oxygen atoms in total. The van der Waals surface area contributed by atoms with Crippen molar-refractivity contribution in [2.24, 2.45) is 0 Å². The van der Waals surface area contributed by atoms with Crippen LogP contribution < -0.4 is 4.72 Å². The van der Waals surface area contributed by atoms with E-state index in [4.69, 9.17) is 9.68 Å². The molecule has 7 heteroatoms. The van der Waals surface area contributed by atoms with Gasteiger partial charge in [0.1, 0.15) is 11.8 Å². The van der Waals surface area contributed by atoms with Crippen molar-refractivity contribution >= 4 is 10.0 Å². The average molecular weight is 292 g/mol. The molecule has 0 saturated carbocycles. The number of furan rings is 1. The molecule has 0 fully saturated rings. The topological polar surface area (TPSA) is 103 Å². The van der Waals surface area contributed by atoms with Crippen LogP contribution in [0.4, 0.5) is 0 Å². The smallest absolute Gasteiger partial charge is 0.241 e. The summed E-state index contributed by atoms with van der Waals surface area (Å²) in [6.07, 6.45) is 1.40. The molecule has 0 saturated heterocycles. The number of hydrogen-bond acceptors (Lipinski definition) is 5. The van der Waals surface area contributed by atoms with Gasteiger partial charge in [0.25, 0.3) is 0 Å². The van der Waals surface area contributed by atoms with Crippen LogP contribution in [0.5, 0.6) is 0 Å². The van der Waals surface area contributed by atoms with Crippen LogP contribution in [0.25, 0.3) is 0 Å². The van der Waals surface area contributed by atoms with Crippen LogP contribution in [0.2, 0.25) is 0 Å². The first-order chi connectivity index (χ1) is 9.56. The summed E-state index contributed by atoms with van der Waals surface area (Å²) >= 11 is 0. The number of nitriles is 1. The molecular formula is C13H12N2O4S. The van der Waals surface area contributed by atoms with Gasteiger partial charge in [-0.15, -0.1) is 0 Å². The van der Waals surface area contributed by atoms with Gasteiger partial charge in [0.05, 0.1) is 29.4 Å². The highest BCUT2D eigenvalue weighted by Crippen LogP contribution is 2.17. The largest absolute Gasteiger partial charge is 0.468 e. The maximum Gasteiger partial charge on any atom is 0.241 e. The van der Waals surface area contributed by atoms with Gasteiger partial charge < -0.3 is 9.52 Å². The van der Waals surface area contributed by atoms with Gasteiger partial charge in [0.15, 0.2) is 0 Å². The summed E-state index contributed by atoms with van der Waals surface area (Å²) in [5.41, 5.74) is 0.369. The van der Waals surface area contributed by atoms with Gasteiger partial charge in [0.2, 0.25) is 10.0 Å². The molecule has 1 aromatic heterocycles. The van der Waals surface area contributed by atoms with Crippen LogP contribution >= 0.6 is 0 Å². The van der Waals surface area contributed by atoms with E-state index in [9.17, 15) is 13.5 Å². The van der Waals surface area contributed by atoms with E-state index in [0.717, 1.165) is 0 Å². The molecule has 0 radical (unpaired) electrons. The number of aliphatic hydroxyl groups is 1. The number of nitrogens with one attached hydrogen (secondary N) is 1. The Balaban J connectivity index is 2.24. The van der Waals surface area contributed by atoms with Crippen molar-refractivity contribution in [1.82, 2.24) is 4.72 Å². The molecule has 2 aromatic rings. The van der Waals surface area contributed by atoms with E-state index in [0.29, 0.717) is 11.3 Å². The first-order valence-electron chi connectivity index (χ1n) is 5.73. The minimum atomic E-state index is -3.80. The van der Waals surface area contributed by atoms with Crippen LogP contribution in [-0.2, 0) is 10.0 Å². The number of nitrogens with zero attached hydrogens (tertiary/aromatic N) is 1. The van der Waals surface area contributed by atoms with Crippen molar-refractivity contribution in [3.05, 3.63) is 54.0 Å². The van der Waals surface area contributed by atoms with E-state index in [1.807, 2.05) is 6.07 Å². The van der Waals surface area contributed by atoms with E-state index in [2.05, 4.69) is 4.72 Å². The van der Waals surface area contributed by atoms with Crippen LogP contribution in [0, 0.1) is 11.3 Å². The number of hydrogen-bond donors (Lipinski definition) is 2. The Hall–Kier alpha value is -2.14. The predicted molar refractivity (Wildman–Crippen MR) is 70.0 cm³/mol. The minimum absolute atomic E-state index is 0.0153. The van der Waals surface area contributed by atoms with Crippen molar-refractivity contribution in [2.45, 2.75) is 10.9 Å². The molecule has 1 unspecified atom stereocenters. The minimum Gasteiger partial charge on any atom is -0.468 e. The monoisotopic (exact) mass is 292 g/mol. The molecule has 0 aliphatic heterocycles. The predicted octanol–water partition coefficient (Wildman–Crippen LogP) is 1.16. The zero-order valence-corrected chi connectivity index (χ0v) is 11.2. The quantitative estimate of drug-likeness (QED) is 0.860. The van der Waals surface area contributed by atoms with E-state index < -0.39 is 22.7 Å². The second-order valence-corrected chi connectivity index (χ2v) is 5.72. The summed E-state index contributed by atoms with van der Waals surface area (Å²) in [5, 5.41) is 17.9. The van der Waals surface area contributed by atoms with Crippen LogP contribution in [-0.4, -0.2) is 20.1 Å². The lowest BCUT2D eigenvalue weighted by molar-refractivity contribution is 0.242. The fraction of sp³-hybridized carbons (Fsp3) is 0.154. The van der Waals surface area contributed by atoms with E-state index in [1.54, 1.807) is 12.1 Å². The van der Waals surface area contributed by atoms with Gasteiger partial charge >= 0.3 is 0 Å². The number of benzene rings is 1. The Morgan fingerprint density at radius 2 is 2.00 bits per heavy atom. The molecule has 0 aliphatic rings. The highest BCUT2D eigenvalue weighted by Gasteiger charge is 2.22. The maximum absolute atomic E-state index is 12.1. The second-order valence-electron chi connectivity index (χ2n) is 4.01. The lowest BCUT2D eigenvalue weighted by Crippen LogP contribution is -2.30. The number of sulfonamides is 1.